The van der Waals surface area contributed by atoms with E-state index in [9.17, 15) is 0 Å². The van der Waals surface area contributed by atoms with Crippen LogP contribution in [-0.2, 0) is 0 Å². The summed E-state index contributed by atoms with van der Waals surface area (Å²) >= 11 is 0. The van der Waals surface area contributed by atoms with Crippen LogP contribution in [-0.4, -0.2) is 33.0 Å². The molecule has 7 nitrogen and oxygen atoms in total. The summed E-state index contributed by atoms with van der Waals surface area (Å²) in [5.74, 6) is 1.10. The Morgan fingerprint density at radius 3 is 2.88 bits per heavy atom. The van der Waals surface area contributed by atoms with Crippen molar-refractivity contribution in [3.63, 3.8) is 0 Å². The molecule has 0 fully saturated rings. The van der Waals surface area contributed by atoms with Gasteiger partial charge in [0.15, 0.2) is 5.65 Å². The summed E-state index contributed by atoms with van der Waals surface area (Å²) in [5.41, 5.74) is 6.07. The van der Waals surface area contributed by atoms with E-state index in [1.807, 2.05) is 55.5 Å². The van der Waals surface area contributed by atoms with Gasteiger partial charge in [-0.2, -0.15) is 10.1 Å². The Hall–Kier alpha value is -3.48. The minimum absolute atomic E-state index is 0.323. The molecular formula is C18H16N6O. The number of anilines is 1. The van der Waals surface area contributed by atoms with Crippen molar-refractivity contribution < 1.29 is 4.74 Å². The van der Waals surface area contributed by atoms with Gasteiger partial charge < -0.3 is 9.72 Å². The smallest absolute Gasteiger partial charge is 0.265 e. The van der Waals surface area contributed by atoms with Gasteiger partial charge in [0.1, 0.15) is 11.3 Å². The minimum Gasteiger partial charge on any atom is -0.493 e. The number of hydrogen-bond acceptors (Lipinski definition) is 6. The van der Waals surface area contributed by atoms with Crippen LogP contribution in [0.4, 0.5) is 5.95 Å². The molecule has 2 aromatic heterocycles. The van der Waals surface area contributed by atoms with Crippen molar-refractivity contribution in [2.24, 2.45) is 5.10 Å². The van der Waals surface area contributed by atoms with E-state index in [-0.39, 0.29) is 0 Å². The van der Waals surface area contributed by atoms with Crippen LogP contribution in [0.1, 0.15) is 12.5 Å². The molecule has 0 radical (unpaired) electrons. The van der Waals surface area contributed by atoms with Crippen molar-refractivity contribution in [2.75, 3.05) is 12.0 Å². The number of nitrogens with zero attached hydrogens (tertiary/aromatic N) is 4. The summed E-state index contributed by atoms with van der Waals surface area (Å²) in [6, 6.07) is 15.6. The average Bonchev–Trinajstić information content (AvgIpc) is 3.01. The quantitative estimate of drug-likeness (QED) is 0.432. The third kappa shape index (κ3) is 2.99. The number of nitrogens with one attached hydrogen (secondary N) is 2. The second-order valence-corrected chi connectivity index (χ2v) is 5.34. The molecule has 0 aliphatic carbocycles. The lowest BCUT2D eigenvalue weighted by atomic mass is 10.2. The van der Waals surface area contributed by atoms with Crippen molar-refractivity contribution in [3.05, 3.63) is 54.1 Å². The average molecular weight is 332 g/mol. The van der Waals surface area contributed by atoms with Crippen LogP contribution in [0, 0.1) is 0 Å². The molecule has 124 valence electrons. The predicted octanol–water partition coefficient (Wildman–Crippen LogP) is 3.35. The van der Waals surface area contributed by atoms with Crippen molar-refractivity contribution in [1.82, 2.24) is 20.2 Å². The molecule has 0 saturated carbocycles. The van der Waals surface area contributed by atoms with Crippen LogP contribution in [0.15, 0.2) is 53.6 Å². The van der Waals surface area contributed by atoms with Gasteiger partial charge in [-0.05, 0) is 25.1 Å². The van der Waals surface area contributed by atoms with Crippen LogP contribution >= 0.6 is 0 Å². The first kappa shape index (κ1) is 15.1. The molecule has 2 aromatic carbocycles. The fourth-order valence-corrected chi connectivity index (χ4v) is 2.60. The summed E-state index contributed by atoms with van der Waals surface area (Å²) in [6.07, 6.45) is 1.67. The van der Waals surface area contributed by atoms with Crippen molar-refractivity contribution in [1.29, 1.82) is 0 Å². The molecule has 0 spiro atoms. The van der Waals surface area contributed by atoms with Gasteiger partial charge in [0, 0.05) is 16.5 Å². The lowest BCUT2D eigenvalue weighted by Gasteiger charge is -2.05. The number of fused-ring (bicyclic) bond motifs is 3. The van der Waals surface area contributed by atoms with Crippen LogP contribution in [0.3, 0.4) is 0 Å². The first-order chi connectivity index (χ1) is 12.3. The van der Waals surface area contributed by atoms with Gasteiger partial charge in [0.2, 0.25) is 0 Å². The predicted molar refractivity (Wildman–Crippen MR) is 98.0 cm³/mol. The fraction of sp³-hybridized carbons (Fsp3) is 0.111. The zero-order valence-corrected chi connectivity index (χ0v) is 13.6. The summed E-state index contributed by atoms with van der Waals surface area (Å²) in [7, 11) is 0. The summed E-state index contributed by atoms with van der Waals surface area (Å²) < 4.78 is 5.56. The highest BCUT2D eigenvalue weighted by Crippen LogP contribution is 2.21. The highest BCUT2D eigenvalue weighted by Gasteiger charge is 2.08. The molecular weight excluding hydrogens is 316 g/mol. The molecule has 0 atom stereocenters. The number of ether oxygens (including phenoxy) is 1. The third-order valence-corrected chi connectivity index (χ3v) is 3.71. The number of rotatable bonds is 5. The Morgan fingerprint density at radius 2 is 1.96 bits per heavy atom. The van der Waals surface area contributed by atoms with Gasteiger partial charge in [-0.25, -0.2) is 5.43 Å². The van der Waals surface area contributed by atoms with Crippen molar-refractivity contribution in [3.8, 4) is 5.75 Å². The van der Waals surface area contributed by atoms with E-state index in [0.717, 1.165) is 27.7 Å². The second-order valence-electron chi connectivity index (χ2n) is 5.34. The van der Waals surface area contributed by atoms with Gasteiger partial charge in [0.05, 0.1) is 12.8 Å². The molecule has 7 heteroatoms. The zero-order chi connectivity index (χ0) is 17.1. The molecule has 0 saturated heterocycles. The molecule has 0 bridgehead atoms. The van der Waals surface area contributed by atoms with Gasteiger partial charge in [-0.15, -0.1) is 10.2 Å². The molecule has 0 unspecified atom stereocenters. The Morgan fingerprint density at radius 1 is 1.12 bits per heavy atom. The number of H-pyrrole nitrogens is 1. The lowest BCUT2D eigenvalue weighted by Crippen LogP contribution is -2.00. The Bertz CT molecular complexity index is 1060. The van der Waals surface area contributed by atoms with E-state index in [0.29, 0.717) is 18.2 Å². The summed E-state index contributed by atoms with van der Waals surface area (Å²) in [4.78, 5) is 7.64. The van der Waals surface area contributed by atoms with Crippen LogP contribution in [0.25, 0.3) is 22.1 Å². The van der Waals surface area contributed by atoms with Crippen LogP contribution in [0.5, 0.6) is 5.75 Å². The van der Waals surface area contributed by atoms with E-state index in [4.69, 9.17) is 4.74 Å². The van der Waals surface area contributed by atoms with Gasteiger partial charge in [-0.1, -0.05) is 30.3 Å². The molecule has 4 rings (SSSR count). The largest absolute Gasteiger partial charge is 0.493 e. The lowest BCUT2D eigenvalue weighted by molar-refractivity contribution is 0.340. The molecule has 0 amide bonds. The first-order valence-corrected chi connectivity index (χ1v) is 7.97. The summed E-state index contributed by atoms with van der Waals surface area (Å²) in [5, 5.41) is 13.5. The van der Waals surface area contributed by atoms with E-state index in [1.54, 1.807) is 6.21 Å². The van der Waals surface area contributed by atoms with Gasteiger partial charge in [-0.3, -0.25) is 0 Å². The topological polar surface area (TPSA) is 88.1 Å². The van der Waals surface area contributed by atoms with E-state index < -0.39 is 0 Å². The Kier molecular flexibility index (Phi) is 3.96. The van der Waals surface area contributed by atoms with Crippen molar-refractivity contribution >= 4 is 34.2 Å². The number of hydrazone groups is 1. The van der Waals surface area contributed by atoms with E-state index >= 15 is 0 Å². The fourth-order valence-electron chi connectivity index (χ4n) is 2.60. The maximum Gasteiger partial charge on any atom is 0.265 e. The van der Waals surface area contributed by atoms with Crippen molar-refractivity contribution in [2.45, 2.75) is 6.92 Å². The van der Waals surface area contributed by atoms with Crippen LogP contribution < -0.4 is 10.2 Å². The Balaban J connectivity index is 1.58. The number of hydrogen-bond donors (Lipinski definition) is 2. The highest BCUT2D eigenvalue weighted by molar-refractivity contribution is 6.03. The molecule has 2 heterocycles. The number of para-hydroxylation sites is 2. The van der Waals surface area contributed by atoms with E-state index in [2.05, 4.69) is 30.7 Å². The van der Waals surface area contributed by atoms with Gasteiger partial charge in [0.25, 0.3) is 5.95 Å². The molecule has 0 aliphatic rings. The second kappa shape index (κ2) is 6.56. The minimum atomic E-state index is 0.323. The highest BCUT2D eigenvalue weighted by atomic mass is 16.5. The first-order valence-electron chi connectivity index (χ1n) is 7.97. The van der Waals surface area contributed by atoms with Gasteiger partial charge >= 0.3 is 0 Å². The monoisotopic (exact) mass is 332 g/mol. The molecule has 0 aliphatic heterocycles. The number of aromatic nitrogens is 4. The summed E-state index contributed by atoms with van der Waals surface area (Å²) in [6.45, 7) is 2.55. The molecule has 4 aromatic rings. The molecule has 25 heavy (non-hydrogen) atoms. The van der Waals surface area contributed by atoms with E-state index in [1.165, 1.54) is 0 Å². The standard InChI is InChI=1S/C18H16N6O/c1-2-25-15-10-6-3-7-12(15)11-19-23-18-21-17-16(22-24-18)13-8-4-5-9-14(13)20-17/h3-11H,2H2,1H3,(H2,20,21,23,24)/b19-11+. The SMILES string of the molecule is CCOc1ccccc1/C=N/Nc1nnc2c(n1)[nH]c1ccccc12. The molecule has 2 N–H and O–H groups in total. The maximum atomic E-state index is 5.56. The normalized spacial score (nSPS) is 11.4. The third-order valence-electron chi connectivity index (χ3n) is 3.71. The van der Waals surface area contributed by atoms with Crippen LogP contribution in [0.2, 0.25) is 0 Å². The number of benzene rings is 2. The number of aromatic amines is 1. The Labute approximate surface area is 143 Å². The maximum absolute atomic E-state index is 5.56. The zero-order valence-electron chi connectivity index (χ0n) is 13.6.